The smallest absolute Gasteiger partial charge is 0.255 e. The quantitative estimate of drug-likeness (QED) is 0.464. The lowest BCUT2D eigenvalue weighted by Crippen LogP contribution is -2.41. The van der Waals surface area contributed by atoms with E-state index >= 15 is 0 Å². The second kappa shape index (κ2) is 11.4. The summed E-state index contributed by atoms with van der Waals surface area (Å²) in [6, 6.07) is 10.8. The molecule has 3 aromatic rings. The number of rotatable bonds is 9. The third kappa shape index (κ3) is 5.86. The van der Waals surface area contributed by atoms with Gasteiger partial charge in [-0.3, -0.25) is 14.3 Å². The zero-order valence-corrected chi connectivity index (χ0v) is 20.5. The van der Waals surface area contributed by atoms with Gasteiger partial charge in [-0.15, -0.1) is 0 Å². The fraction of sp³-hybridized carbons (Fsp3) is 0.423. The monoisotopic (exact) mass is 481 g/mol. The highest BCUT2D eigenvalue weighted by Gasteiger charge is 2.25. The summed E-state index contributed by atoms with van der Waals surface area (Å²) in [5, 5.41) is 0. The van der Waals surface area contributed by atoms with Crippen LogP contribution in [-0.4, -0.2) is 65.4 Å². The van der Waals surface area contributed by atoms with Crippen LogP contribution in [0.2, 0.25) is 0 Å². The van der Waals surface area contributed by atoms with Gasteiger partial charge in [0.2, 0.25) is 5.95 Å². The van der Waals surface area contributed by atoms with Gasteiger partial charge in [0.05, 0.1) is 25.0 Å². The molecular formula is C26H32FN5O3. The van der Waals surface area contributed by atoms with E-state index in [1.54, 1.807) is 7.05 Å². The zero-order chi connectivity index (χ0) is 24.8. The predicted molar refractivity (Wildman–Crippen MR) is 133 cm³/mol. The van der Waals surface area contributed by atoms with Crippen LogP contribution in [0.1, 0.15) is 25.5 Å². The summed E-state index contributed by atoms with van der Waals surface area (Å²) in [5.74, 6) is 0.788. The fourth-order valence-corrected chi connectivity index (χ4v) is 4.17. The number of likely N-dealkylation sites (N-methyl/N-ethyl adjacent to an activating group) is 1. The maximum atomic E-state index is 14.3. The molecule has 186 valence electrons. The van der Waals surface area contributed by atoms with Crippen molar-refractivity contribution in [3.63, 3.8) is 0 Å². The number of benzene rings is 1. The second-order valence-corrected chi connectivity index (χ2v) is 8.44. The molecule has 0 amide bonds. The van der Waals surface area contributed by atoms with Gasteiger partial charge in [-0.05, 0) is 36.9 Å². The Morgan fingerprint density at radius 3 is 2.69 bits per heavy atom. The van der Waals surface area contributed by atoms with Crippen LogP contribution < -0.4 is 15.2 Å². The van der Waals surface area contributed by atoms with E-state index in [-0.39, 0.29) is 22.9 Å². The fourth-order valence-electron chi connectivity index (χ4n) is 4.17. The van der Waals surface area contributed by atoms with Gasteiger partial charge in [0.25, 0.3) is 5.56 Å². The Labute approximate surface area is 204 Å². The van der Waals surface area contributed by atoms with E-state index in [4.69, 9.17) is 9.47 Å². The minimum atomic E-state index is -0.515. The number of halogens is 1. The van der Waals surface area contributed by atoms with Crippen LogP contribution in [0.25, 0.3) is 11.3 Å². The van der Waals surface area contributed by atoms with Gasteiger partial charge < -0.3 is 19.3 Å². The summed E-state index contributed by atoms with van der Waals surface area (Å²) < 4.78 is 27.7. The Kier molecular flexibility index (Phi) is 8.09. The van der Waals surface area contributed by atoms with Crippen molar-refractivity contribution < 1.29 is 13.9 Å². The number of aromatic nitrogens is 3. The summed E-state index contributed by atoms with van der Waals surface area (Å²) >= 11 is 0. The van der Waals surface area contributed by atoms with Crippen LogP contribution in [0.5, 0.6) is 5.75 Å². The summed E-state index contributed by atoms with van der Waals surface area (Å²) in [6.07, 6.45) is 2.42. The molecule has 4 rings (SSSR count). The molecule has 1 aliphatic heterocycles. The Bertz CT molecular complexity index is 1180. The lowest BCUT2D eigenvalue weighted by molar-refractivity contribution is 0.0389. The highest BCUT2D eigenvalue weighted by atomic mass is 19.1. The lowest BCUT2D eigenvalue weighted by atomic mass is 10.1. The molecule has 0 aliphatic carbocycles. The average Bonchev–Trinajstić information content (AvgIpc) is 2.89. The molecule has 2 aromatic heterocycles. The molecule has 1 fully saturated rings. The van der Waals surface area contributed by atoms with Crippen LogP contribution in [0.4, 0.5) is 10.3 Å². The maximum Gasteiger partial charge on any atom is 0.255 e. The SMILES string of the molecule is CCN(CC)CCOc1ccc([C@H]2CN(c3nc(-c4ccncc4F)cc(=O)n3C)CCO2)cc1. The topological polar surface area (TPSA) is 72.7 Å². The van der Waals surface area contributed by atoms with E-state index < -0.39 is 5.82 Å². The maximum absolute atomic E-state index is 14.3. The van der Waals surface area contributed by atoms with E-state index in [1.807, 2.05) is 29.2 Å². The highest BCUT2D eigenvalue weighted by molar-refractivity contribution is 5.60. The van der Waals surface area contributed by atoms with Crippen molar-refractivity contribution in [2.75, 3.05) is 50.8 Å². The first kappa shape index (κ1) is 24.8. The van der Waals surface area contributed by atoms with Crippen molar-refractivity contribution in [3.05, 3.63) is 70.5 Å². The van der Waals surface area contributed by atoms with Crippen molar-refractivity contribution in [2.45, 2.75) is 20.0 Å². The van der Waals surface area contributed by atoms with Gasteiger partial charge in [-0.2, -0.15) is 0 Å². The second-order valence-electron chi connectivity index (χ2n) is 8.44. The number of morpholine rings is 1. The van der Waals surface area contributed by atoms with Crippen molar-refractivity contribution >= 4 is 5.95 Å². The number of nitrogens with zero attached hydrogens (tertiary/aromatic N) is 5. The zero-order valence-electron chi connectivity index (χ0n) is 20.5. The first-order chi connectivity index (χ1) is 17.0. The number of hydrogen-bond acceptors (Lipinski definition) is 7. The van der Waals surface area contributed by atoms with E-state index in [9.17, 15) is 9.18 Å². The van der Waals surface area contributed by atoms with Crippen LogP contribution in [0.15, 0.2) is 53.6 Å². The van der Waals surface area contributed by atoms with E-state index in [0.29, 0.717) is 32.3 Å². The van der Waals surface area contributed by atoms with Gasteiger partial charge in [-0.1, -0.05) is 26.0 Å². The molecular weight excluding hydrogens is 449 g/mol. The molecule has 8 nitrogen and oxygen atoms in total. The molecule has 0 N–H and O–H groups in total. The number of pyridine rings is 1. The average molecular weight is 482 g/mol. The van der Waals surface area contributed by atoms with Gasteiger partial charge >= 0.3 is 0 Å². The molecule has 1 aliphatic rings. The van der Waals surface area contributed by atoms with Crippen molar-refractivity contribution in [1.29, 1.82) is 0 Å². The molecule has 3 heterocycles. The summed E-state index contributed by atoms with van der Waals surface area (Å²) in [5.41, 5.74) is 1.31. The van der Waals surface area contributed by atoms with Crippen LogP contribution in [-0.2, 0) is 11.8 Å². The normalized spacial score (nSPS) is 16.0. The number of hydrogen-bond donors (Lipinski definition) is 0. The van der Waals surface area contributed by atoms with Gasteiger partial charge in [-0.25, -0.2) is 9.37 Å². The molecule has 0 bridgehead atoms. The first-order valence-corrected chi connectivity index (χ1v) is 12.0. The number of anilines is 1. The van der Waals surface area contributed by atoms with Crippen LogP contribution >= 0.6 is 0 Å². The molecule has 1 aromatic carbocycles. The third-order valence-electron chi connectivity index (χ3n) is 6.33. The van der Waals surface area contributed by atoms with E-state index in [2.05, 4.69) is 28.7 Å². The Hall–Kier alpha value is -3.30. The molecule has 0 saturated carbocycles. The largest absolute Gasteiger partial charge is 0.492 e. The molecule has 1 saturated heterocycles. The van der Waals surface area contributed by atoms with Gasteiger partial charge in [0, 0.05) is 38.0 Å². The molecule has 0 radical (unpaired) electrons. The standard InChI is InChI=1S/C26H32FN5O3/c1-4-31(5-2)12-14-34-20-8-6-19(7-9-20)24-18-32(13-15-35-24)26-29-23(16-25(33)30(26)3)21-10-11-28-17-22(21)27/h6-11,16-17,24H,4-5,12-15,18H2,1-3H3/t24-/m1/s1. The van der Waals surface area contributed by atoms with Crippen LogP contribution in [0.3, 0.4) is 0 Å². The molecule has 9 heteroatoms. The highest BCUT2D eigenvalue weighted by Crippen LogP contribution is 2.27. The molecule has 0 spiro atoms. The van der Waals surface area contributed by atoms with Crippen molar-refractivity contribution in [1.82, 2.24) is 19.4 Å². The van der Waals surface area contributed by atoms with Crippen LogP contribution in [0, 0.1) is 5.82 Å². The van der Waals surface area contributed by atoms with Crippen molar-refractivity contribution in [3.8, 4) is 17.0 Å². The molecule has 0 unspecified atom stereocenters. The minimum absolute atomic E-state index is 0.188. The molecule has 1 atom stereocenters. The Morgan fingerprint density at radius 2 is 1.97 bits per heavy atom. The van der Waals surface area contributed by atoms with Crippen molar-refractivity contribution in [2.24, 2.45) is 7.05 Å². The molecule has 35 heavy (non-hydrogen) atoms. The Morgan fingerprint density at radius 1 is 1.20 bits per heavy atom. The Balaban J connectivity index is 1.48. The summed E-state index contributed by atoms with van der Waals surface area (Å²) in [4.78, 5) is 25.4. The van der Waals surface area contributed by atoms with E-state index in [0.717, 1.165) is 37.1 Å². The number of ether oxygens (including phenoxy) is 2. The van der Waals surface area contributed by atoms with E-state index in [1.165, 1.54) is 22.9 Å². The minimum Gasteiger partial charge on any atom is -0.492 e. The lowest BCUT2D eigenvalue weighted by Gasteiger charge is -2.34. The summed E-state index contributed by atoms with van der Waals surface area (Å²) in [7, 11) is 1.67. The summed E-state index contributed by atoms with van der Waals surface area (Å²) in [6.45, 7) is 9.42. The third-order valence-corrected chi connectivity index (χ3v) is 6.33. The predicted octanol–water partition coefficient (Wildman–Crippen LogP) is 3.28. The van der Waals surface area contributed by atoms with Gasteiger partial charge in [0.15, 0.2) is 5.82 Å². The van der Waals surface area contributed by atoms with Gasteiger partial charge in [0.1, 0.15) is 18.5 Å². The first-order valence-electron chi connectivity index (χ1n) is 12.0.